The van der Waals surface area contributed by atoms with Gasteiger partial charge in [-0.1, -0.05) is 6.07 Å². The number of rotatable bonds is 0. The summed E-state index contributed by atoms with van der Waals surface area (Å²) in [5, 5.41) is 0. The first-order valence-electron chi connectivity index (χ1n) is 5.21. The Bertz CT molecular complexity index is 613. The largest absolute Gasteiger partial charge is 0.436 e. The lowest BCUT2D eigenvalue weighted by Gasteiger charge is -2.06. The molecule has 0 amide bonds. The van der Waals surface area contributed by atoms with Crippen LogP contribution in [-0.4, -0.2) is 14.2 Å². The summed E-state index contributed by atoms with van der Waals surface area (Å²) in [7, 11) is -1.11. The molecule has 0 aromatic carbocycles. The fourth-order valence-electron chi connectivity index (χ4n) is 1.73. The monoisotopic (exact) mass is 246 g/mol. The first kappa shape index (κ1) is 10.4. The normalized spacial score (nSPS) is 17.6. The summed E-state index contributed by atoms with van der Waals surface area (Å²) in [6, 6.07) is 5.50. The highest BCUT2D eigenvalue weighted by molar-refractivity contribution is 7.84. The van der Waals surface area contributed by atoms with Gasteiger partial charge in [0.25, 0.3) is 0 Å². The number of fused-ring (bicyclic) bond motifs is 2. The molecule has 3 heterocycles. The van der Waals surface area contributed by atoms with E-state index in [9.17, 15) is 4.21 Å². The van der Waals surface area contributed by atoms with Crippen LogP contribution in [0.4, 0.5) is 0 Å². The standard InChI is InChI=1S/C12H10N2O2S/c1-8-5-11-10(6-14-8)16-12-9(7-17(11)15)3-2-4-13-12/h2-6H,7H2,1H3. The molecule has 3 rings (SSSR count). The molecule has 0 bridgehead atoms. The second-order valence-corrected chi connectivity index (χ2v) is 5.25. The Morgan fingerprint density at radius 2 is 2.29 bits per heavy atom. The van der Waals surface area contributed by atoms with Crippen LogP contribution in [0.25, 0.3) is 0 Å². The van der Waals surface area contributed by atoms with Crippen LogP contribution in [0.5, 0.6) is 11.6 Å². The highest BCUT2D eigenvalue weighted by Crippen LogP contribution is 2.33. The van der Waals surface area contributed by atoms with Gasteiger partial charge in [0.05, 0.1) is 27.6 Å². The van der Waals surface area contributed by atoms with Gasteiger partial charge >= 0.3 is 0 Å². The minimum Gasteiger partial charge on any atom is -0.436 e. The van der Waals surface area contributed by atoms with Crippen LogP contribution in [0.3, 0.4) is 0 Å². The first-order valence-corrected chi connectivity index (χ1v) is 6.53. The highest BCUT2D eigenvalue weighted by Gasteiger charge is 2.21. The van der Waals surface area contributed by atoms with Crippen molar-refractivity contribution in [1.82, 2.24) is 9.97 Å². The van der Waals surface area contributed by atoms with Crippen LogP contribution in [0, 0.1) is 6.92 Å². The second-order valence-electron chi connectivity index (χ2n) is 3.83. The summed E-state index contributed by atoms with van der Waals surface area (Å²) in [5.74, 6) is 1.48. The third kappa shape index (κ3) is 1.82. The molecule has 5 heteroatoms. The summed E-state index contributed by atoms with van der Waals surface area (Å²) in [4.78, 5) is 9.00. The topological polar surface area (TPSA) is 52.1 Å². The van der Waals surface area contributed by atoms with E-state index in [2.05, 4.69) is 9.97 Å². The van der Waals surface area contributed by atoms with Gasteiger partial charge < -0.3 is 4.74 Å². The molecule has 0 saturated heterocycles. The zero-order valence-electron chi connectivity index (χ0n) is 9.21. The molecule has 0 spiro atoms. The quantitative estimate of drug-likeness (QED) is 0.715. The molecule has 2 aromatic rings. The Kier molecular flexibility index (Phi) is 2.40. The van der Waals surface area contributed by atoms with Crippen LogP contribution in [0.2, 0.25) is 0 Å². The Morgan fingerprint density at radius 1 is 1.41 bits per heavy atom. The van der Waals surface area contributed by atoms with Gasteiger partial charge in [0.2, 0.25) is 5.88 Å². The molecule has 0 fully saturated rings. The molecule has 1 unspecified atom stereocenters. The van der Waals surface area contributed by atoms with Gasteiger partial charge in [-0.05, 0) is 19.1 Å². The van der Waals surface area contributed by atoms with E-state index in [-0.39, 0.29) is 0 Å². The SMILES string of the molecule is Cc1cc2c(cn1)Oc1ncccc1CS2=O. The van der Waals surface area contributed by atoms with Crippen molar-refractivity contribution in [1.29, 1.82) is 0 Å². The molecule has 17 heavy (non-hydrogen) atoms. The fraction of sp³-hybridized carbons (Fsp3) is 0.167. The number of ether oxygens (including phenoxy) is 1. The van der Waals surface area contributed by atoms with Gasteiger partial charge in [-0.15, -0.1) is 0 Å². The molecular weight excluding hydrogens is 236 g/mol. The molecule has 0 N–H and O–H groups in total. The van der Waals surface area contributed by atoms with Crippen LogP contribution in [0.15, 0.2) is 35.5 Å². The van der Waals surface area contributed by atoms with E-state index in [1.807, 2.05) is 19.1 Å². The molecule has 0 radical (unpaired) electrons. The van der Waals surface area contributed by atoms with Crippen LogP contribution in [0.1, 0.15) is 11.3 Å². The molecule has 2 aromatic heterocycles. The summed E-state index contributed by atoms with van der Waals surface area (Å²) >= 11 is 0. The minimum absolute atomic E-state index is 0.430. The maximum Gasteiger partial charge on any atom is 0.223 e. The van der Waals surface area contributed by atoms with Crippen LogP contribution in [-0.2, 0) is 16.6 Å². The smallest absolute Gasteiger partial charge is 0.223 e. The summed E-state index contributed by atoms with van der Waals surface area (Å²) < 4.78 is 17.9. The maximum absolute atomic E-state index is 12.2. The Balaban J connectivity index is 2.17. The zero-order valence-corrected chi connectivity index (χ0v) is 10.0. The Morgan fingerprint density at radius 3 is 3.18 bits per heavy atom. The number of hydrogen-bond acceptors (Lipinski definition) is 4. The van der Waals surface area contributed by atoms with E-state index in [1.54, 1.807) is 18.5 Å². The summed E-state index contributed by atoms with van der Waals surface area (Å²) in [6.45, 7) is 1.87. The van der Waals surface area contributed by atoms with Crippen molar-refractivity contribution < 1.29 is 8.95 Å². The van der Waals surface area contributed by atoms with Crippen molar-refractivity contribution in [2.24, 2.45) is 0 Å². The van der Waals surface area contributed by atoms with E-state index in [0.29, 0.717) is 22.3 Å². The zero-order chi connectivity index (χ0) is 11.8. The summed E-state index contributed by atoms with van der Waals surface area (Å²) in [6.07, 6.45) is 3.26. The lowest BCUT2D eigenvalue weighted by atomic mass is 10.3. The van der Waals surface area contributed by atoms with Gasteiger partial charge in [0, 0.05) is 17.5 Å². The van der Waals surface area contributed by atoms with Crippen molar-refractivity contribution in [3.8, 4) is 11.6 Å². The molecule has 1 aliphatic rings. The molecule has 4 nitrogen and oxygen atoms in total. The minimum atomic E-state index is -1.11. The number of nitrogens with zero attached hydrogens (tertiary/aromatic N) is 2. The van der Waals surface area contributed by atoms with Crippen LogP contribution >= 0.6 is 0 Å². The number of aromatic nitrogens is 2. The van der Waals surface area contributed by atoms with E-state index in [1.165, 1.54) is 0 Å². The lowest BCUT2D eigenvalue weighted by Crippen LogP contribution is -1.95. The number of pyridine rings is 2. The van der Waals surface area contributed by atoms with E-state index >= 15 is 0 Å². The second kappa shape index (κ2) is 3.92. The molecule has 1 atom stereocenters. The summed E-state index contributed by atoms with van der Waals surface area (Å²) in [5.41, 5.74) is 1.69. The van der Waals surface area contributed by atoms with Gasteiger partial charge in [-0.25, -0.2) is 4.98 Å². The maximum atomic E-state index is 12.2. The van der Waals surface area contributed by atoms with Crippen molar-refractivity contribution in [3.63, 3.8) is 0 Å². The number of hydrogen-bond donors (Lipinski definition) is 0. The van der Waals surface area contributed by atoms with Crippen molar-refractivity contribution >= 4 is 10.8 Å². The number of aryl methyl sites for hydroxylation is 1. The van der Waals surface area contributed by atoms with E-state index < -0.39 is 10.8 Å². The van der Waals surface area contributed by atoms with Gasteiger partial charge in [-0.2, -0.15) is 0 Å². The predicted octanol–water partition coefficient (Wildman–Crippen LogP) is 2.20. The van der Waals surface area contributed by atoms with Gasteiger partial charge in [0.1, 0.15) is 0 Å². The molecular formula is C12H10N2O2S. The Hall–Kier alpha value is -1.75. The Labute approximate surface area is 101 Å². The van der Waals surface area contributed by atoms with Gasteiger partial charge in [0.15, 0.2) is 5.75 Å². The molecule has 86 valence electrons. The average molecular weight is 246 g/mol. The molecule has 1 aliphatic heterocycles. The highest BCUT2D eigenvalue weighted by atomic mass is 32.2. The molecule has 0 aliphatic carbocycles. The fourth-order valence-corrected chi connectivity index (χ4v) is 3.00. The van der Waals surface area contributed by atoms with Gasteiger partial charge in [-0.3, -0.25) is 9.19 Å². The van der Waals surface area contributed by atoms with E-state index in [4.69, 9.17) is 4.74 Å². The third-order valence-electron chi connectivity index (χ3n) is 2.56. The molecule has 0 saturated carbocycles. The van der Waals surface area contributed by atoms with Crippen molar-refractivity contribution in [2.45, 2.75) is 17.6 Å². The average Bonchev–Trinajstić information content (AvgIpc) is 2.46. The van der Waals surface area contributed by atoms with Crippen molar-refractivity contribution in [2.75, 3.05) is 0 Å². The predicted molar refractivity (Wildman–Crippen MR) is 63.4 cm³/mol. The van der Waals surface area contributed by atoms with Crippen LogP contribution < -0.4 is 4.74 Å². The first-order chi connectivity index (χ1) is 8.24. The van der Waals surface area contributed by atoms with E-state index in [0.717, 1.165) is 11.3 Å². The van der Waals surface area contributed by atoms with Crippen molar-refractivity contribution in [3.05, 3.63) is 41.9 Å². The third-order valence-corrected chi connectivity index (χ3v) is 3.94. The lowest BCUT2D eigenvalue weighted by molar-refractivity contribution is 0.447.